The van der Waals surface area contributed by atoms with Crippen molar-refractivity contribution in [1.29, 1.82) is 0 Å². The maximum atomic E-state index is 5.54. The molecular formula is C13H28N2O. The zero-order chi connectivity index (χ0) is 11.8. The predicted molar refractivity (Wildman–Crippen MR) is 68.5 cm³/mol. The third kappa shape index (κ3) is 5.28. The molecule has 16 heavy (non-hydrogen) atoms. The molecule has 0 spiro atoms. The Morgan fingerprint density at radius 2 is 2.31 bits per heavy atom. The average molecular weight is 228 g/mol. The van der Waals surface area contributed by atoms with Crippen molar-refractivity contribution >= 4 is 0 Å². The predicted octanol–water partition coefficient (Wildman–Crippen LogP) is 1.72. The van der Waals surface area contributed by atoms with Crippen LogP contribution in [0.4, 0.5) is 0 Å². The van der Waals surface area contributed by atoms with E-state index in [-0.39, 0.29) is 0 Å². The second-order valence-corrected chi connectivity index (χ2v) is 5.26. The fourth-order valence-corrected chi connectivity index (χ4v) is 2.69. The van der Waals surface area contributed by atoms with Gasteiger partial charge in [0.2, 0.25) is 0 Å². The van der Waals surface area contributed by atoms with E-state index in [9.17, 15) is 0 Å². The number of nitrogens with zero attached hydrogens (tertiary/aromatic N) is 1. The lowest BCUT2D eigenvalue weighted by Gasteiger charge is -2.34. The quantitative estimate of drug-likeness (QED) is 0.721. The third-order valence-corrected chi connectivity index (χ3v) is 3.48. The lowest BCUT2D eigenvalue weighted by atomic mass is 9.97. The van der Waals surface area contributed by atoms with E-state index in [0.29, 0.717) is 0 Å². The molecule has 0 amide bonds. The molecule has 0 radical (unpaired) electrons. The molecule has 1 rings (SSSR count). The molecule has 1 saturated heterocycles. The summed E-state index contributed by atoms with van der Waals surface area (Å²) in [5, 5.41) is 0. The van der Waals surface area contributed by atoms with Crippen LogP contribution < -0.4 is 5.73 Å². The van der Waals surface area contributed by atoms with Gasteiger partial charge in [-0.05, 0) is 50.6 Å². The Kier molecular flexibility index (Phi) is 7.01. The van der Waals surface area contributed by atoms with E-state index >= 15 is 0 Å². The summed E-state index contributed by atoms with van der Waals surface area (Å²) in [5.74, 6) is 1.53. The van der Waals surface area contributed by atoms with Crippen molar-refractivity contribution < 1.29 is 4.74 Å². The van der Waals surface area contributed by atoms with Crippen LogP contribution >= 0.6 is 0 Å². The third-order valence-electron chi connectivity index (χ3n) is 3.48. The van der Waals surface area contributed by atoms with Crippen molar-refractivity contribution in [3.63, 3.8) is 0 Å². The van der Waals surface area contributed by atoms with Gasteiger partial charge in [-0.1, -0.05) is 6.92 Å². The minimum Gasteiger partial charge on any atom is -0.384 e. The summed E-state index contributed by atoms with van der Waals surface area (Å²) in [6, 6.07) is 0. The Bertz CT molecular complexity index is 173. The Morgan fingerprint density at radius 3 is 3.00 bits per heavy atom. The molecule has 0 aromatic rings. The summed E-state index contributed by atoms with van der Waals surface area (Å²) >= 11 is 0. The largest absolute Gasteiger partial charge is 0.384 e. The molecule has 2 unspecified atom stereocenters. The van der Waals surface area contributed by atoms with Crippen LogP contribution in [-0.4, -0.2) is 44.8 Å². The van der Waals surface area contributed by atoms with Gasteiger partial charge in [0, 0.05) is 20.2 Å². The van der Waals surface area contributed by atoms with Crippen molar-refractivity contribution in [2.24, 2.45) is 17.6 Å². The number of nitrogens with two attached hydrogens (primary N) is 1. The molecule has 1 fully saturated rings. The Hall–Kier alpha value is -0.120. The molecule has 0 bridgehead atoms. The lowest BCUT2D eigenvalue weighted by Crippen LogP contribution is -2.39. The van der Waals surface area contributed by atoms with E-state index in [4.69, 9.17) is 10.5 Å². The molecule has 0 aromatic carbocycles. The first-order valence-electron chi connectivity index (χ1n) is 6.67. The van der Waals surface area contributed by atoms with Gasteiger partial charge < -0.3 is 15.4 Å². The Balaban J connectivity index is 2.20. The normalized spacial score (nSPS) is 24.6. The van der Waals surface area contributed by atoms with Crippen LogP contribution in [0.25, 0.3) is 0 Å². The van der Waals surface area contributed by atoms with Crippen molar-refractivity contribution in [3.8, 4) is 0 Å². The average Bonchev–Trinajstić information content (AvgIpc) is 2.27. The number of ether oxygens (including phenoxy) is 1. The standard InChI is InChI=1S/C13H28N2O/c1-12(5-3-7-14)9-15-8-4-6-13(10-15)11-16-2/h12-13H,3-11,14H2,1-2H3. The minimum atomic E-state index is 0.750. The first-order chi connectivity index (χ1) is 7.76. The lowest BCUT2D eigenvalue weighted by molar-refractivity contribution is 0.0831. The van der Waals surface area contributed by atoms with E-state index in [1.54, 1.807) is 0 Å². The summed E-state index contributed by atoms with van der Waals surface area (Å²) in [5.41, 5.74) is 5.54. The Morgan fingerprint density at radius 1 is 1.50 bits per heavy atom. The van der Waals surface area contributed by atoms with Gasteiger partial charge in [-0.15, -0.1) is 0 Å². The molecule has 1 aliphatic rings. The number of likely N-dealkylation sites (tertiary alicyclic amines) is 1. The summed E-state index contributed by atoms with van der Waals surface area (Å²) < 4.78 is 5.26. The van der Waals surface area contributed by atoms with Gasteiger partial charge in [0.25, 0.3) is 0 Å². The SMILES string of the molecule is COCC1CCCN(CC(C)CCCN)C1. The maximum Gasteiger partial charge on any atom is 0.0502 e. The number of hydrogen-bond donors (Lipinski definition) is 1. The summed E-state index contributed by atoms with van der Waals surface area (Å²) in [6.45, 7) is 7.83. The molecule has 96 valence electrons. The first kappa shape index (κ1) is 13.9. The second-order valence-electron chi connectivity index (χ2n) is 5.26. The smallest absolute Gasteiger partial charge is 0.0502 e. The number of methoxy groups -OCH3 is 1. The Labute approximate surface area is 100 Å². The molecule has 0 saturated carbocycles. The van der Waals surface area contributed by atoms with E-state index in [2.05, 4.69) is 11.8 Å². The van der Waals surface area contributed by atoms with Crippen molar-refractivity contribution in [2.45, 2.75) is 32.6 Å². The van der Waals surface area contributed by atoms with Crippen LogP contribution in [0, 0.1) is 11.8 Å². The molecule has 1 heterocycles. The summed E-state index contributed by atoms with van der Waals surface area (Å²) in [4.78, 5) is 2.61. The molecule has 3 heteroatoms. The van der Waals surface area contributed by atoms with Gasteiger partial charge in [-0.3, -0.25) is 0 Å². The van der Waals surface area contributed by atoms with Crippen molar-refractivity contribution in [1.82, 2.24) is 4.90 Å². The molecule has 0 aliphatic carbocycles. The van der Waals surface area contributed by atoms with Crippen LogP contribution in [0.1, 0.15) is 32.6 Å². The molecule has 3 nitrogen and oxygen atoms in total. The monoisotopic (exact) mass is 228 g/mol. The van der Waals surface area contributed by atoms with Crippen molar-refractivity contribution in [3.05, 3.63) is 0 Å². The number of piperidine rings is 1. The van der Waals surface area contributed by atoms with Gasteiger partial charge in [-0.2, -0.15) is 0 Å². The van der Waals surface area contributed by atoms with E-state index in [1.807, 2.05) is 7.11 Å². The molecule has 2 N–H and O–H groups in total. The maximum absolute atomic E-state index is 5.54. The highest BCUT2D eigenvalue weighted by Gasteiger charge is 2.20. The molecule has 1 aliphatic heterocycles. The fraction of sp³-hybridized carbons (Fsp3) is 1.00. The topological polar surface area (TPSA) is 38.5 Å². The highest BCUT2D eigenvalue weighted by atomic mass is 16.5. The number of hydrogen-bond acceptors (Lipinski definition) is 3. The molecule has 0 aromatic heterocycles. The summed E-state index contributed by atoms with van der Waals surface area (Å²) in [7, 11) is 1.81. The first-order valence-corrected chi connectivity index (χ1v) is 6.67. The zero-order valence-electron chi connectivity index (χ0n) is 11.0. The number of rotatable bonds is 7. The fourth-order valence-electron chi connectivity index (χ4n) is 2.69. The van der Waals surface area contributed by atoms with Crippen LogP contribution in [0.3, 0.4) is 0 Å². The van der Waals surface area contributed by atoms with Gasteiger partial charge in [-0.25, -0.2) is 0 Å². The van der Waals surface area contributed by atoms with Gasteiger partial charge in [0.1, 0.15) is 0 Å². The highest BCUT2D eigenvalue weighted by molar-refractivity contribution is 4.74. The van der Waals surface area contributed by atoms with E-state index in [0.717, 1.165) is 31.4 Å². The van der Waals surface area contributed by atoms with Crippen LogP contribution in [0.15, 0.2) is 0 Å². The van der Waals surface area contributed by atoms with Crippen LogP contribution in [0.5, 0.6) is 0 Å². The van der Waals surface area contributed by atoms with Crippen molar-refractivity contribution in [2.75, 3.05) is 39.9 Å². The van der Waals surface area contributed by atoms with Gasteiger partial charge >= 0.3 is 0 Å². The molecule has 2 atom stereocenters. The van der Waals surface area contributed by atoms with E-state index < -0.39 is 0 Å². The second kappa shape index (κ2) is 8.04. The molecular weight excluding hydrogens is 200 g/mol. The zero-order valence-corrected chi connectivity index (χ0v) is 11.0. The summed E-state index contributed by atoms with van der Waals surface area (Å²) in [6.07, 6.45) is 5.09. The van der Waals surface area contributed by atoms with Crippen LogP contribution in [-0.2, 0) is 4.74 Å². The minimum absolute atomic E-state index is 0.750. The van der Waals surface area contributed by atoms with E-state index in [1.165, 1.54) is 38.9 Å². The van der Waals surface area contributed by atoms with Gasteiger partial charge in [0.05, 0.1) is 6.61 Å². The van der Waals surface area contributed by atoms with Gasteiger partial charge in [0.15, 0.2) is 0 Å². The highest BCUT2D eigenvalue weighted by Crippen LogP contribution is 2.18. The van der Waals surface area contributed by atoms with Crippen LogP contribution in [0.2, 0.25) is 0 Å².